The van der Waals surface area contributed by atoms with Crippen molar-refractivity contribution in [1.82, 2.24) is 4.90 Å². The minimum Gasteiger partial charge on any atom is -0.497 e. The van der Waals surface area contributed by atoms with E-state index in [1.807, 2.05) is 0 Å². The number of carboxylic acid groups (broad SMARTS) is 1. The normalized spacial score (nSPS) is 9.84. The molecule has 0 aliphatic carbocycles. The van der Waals surface area contributed by atoms with Gasteiger partial charge < -0.3 is 25.2 Å². The third-order valence-electron chi connectivity index (χ3n) is 2.48. The summed E-state index contributed by atoms with van der Waals surface area (Å²) in [6.45, 7) is -0.0218. The molecule has 0 aromatic heterocycles. The van der Waals surface area contributed by atoms with Crippen LogP contribution in [-0.4, -0.2) is 54.4 Å². The predicted molar refractivity (Wildman–Crippen MR) is 68.7 cm³/mol. The van der Waals surface area contributed by atoms with Gasteiger partial charge in [-0.3, -0.25) is 0 Å². The number of anilines is 1. The largest absolute Gasteiger partial charge is 0.497 e. The number of hydrogen-bond acceptors (Lipinski definition) is 4. The molecule has 1 aromatic rings. The molecule has 0 atom stereocenters. The fourth-order valence-electron chi connectivity index (χ4n) is 1.40. The maximum absolute atomic E-state index is 11.7. The fraction of sp³-hybridized carbons (Fsp3) is 0.333. The molecule has 104 valence electrons. The van der Waals surface area contributed by atoms with Gasteiger partial charge in [0.2, 0.25) is 0 Å². The maximum Gasteiger partial charge on any atom is 0.337 e. The molecule has 7 heteroatoms. The molecule has 0 spiro atoms. The van der Waals surface area contributed by atoms with Crippen LogP contribution in [0.1, 0.15) is 10.4 Å². The number of urea groups is 1. The van der Waals surface area contributed by atoms with Crippen molar-refractivity contribution in [3.63, 3.8) is 0 Å². The summed E-state index contributed by atoms with van der Waals surface area (Å²) >= 11 is 0. The molecule has 3 N–H and O–H groups in total. The van der Waals surface area contributed by atoms with Gasteiger partial charge >= 0.3 is 12.0 Å². The van der Waals surface area contributed by atoms with Crippen molar-refractivity contribution in [3.8, 4) is 5.75 Å². The summed E-state index contributed by atoms with van der Waals surface area (Å²) in [5.74, 6) is -0.715. The molecule has 2 amide bonds. The minimum atomic E-state index is -1.15. The summed E-state index contributed by atoms with van der Waals surface area (Å²) in [6.07, 6.45) is 0. The Morgan fingerprint density at radius 3 is 2.63 bits per heavy atom. The van der Waals surface area contributed by atoms with Crippen LogP contribution in [0.3, 0.4) is 0 Å². The van der Waals surface area contributed by atoms with Gasteiger partial charge in [-0.25, -0.2) is 9.59 Å². The van der Waals surface area contributed by atoms with Crippen molar-refractivity contribution in [2.24, 2.45) is 0 Å². The molecule has 0 bridgehead atoms. The second kappa shape index (κ2) is 6.60. The van der Waals surface area contributed by atoms with Crippen molar-refractivity contribution in [1.29, 1.82) is 0 Å². The van der Waals surface area contributed by atoms with E-state index in [2.05, 4.69) is 5.32 Å². The van der Waals surface area contributed by atoms with Crippen LogP contribution in [0.15, 0.2) is 18.2 Å². The molecule has 7 nitrogen and oxygen atoms in total. The summed E-state index contributed by atoms with van der Waals surface area (Å²) < 4.78 is 4.98. The molecule has 1 rings (SSSR count). The van der Waals surface area contributed by atoms with E-state index >= 15 is 0 Å². The molecular formula is C12H16N2O5. The zero-order valence-corrected chi connectivity index (χ0v) is 10.7. The van der Waals surface area contributed by atoms with Crippen molar-refractivity contribution in [2.75, 3.05) is 32.6 Å². The summed E-state index contributed by atoms with van der Waals surface area (Å²) in [5.41, 5.74) is 0.105. The van der Waals surface area contributed by atoms with E-state index < -0.39 is 12.0 Å². The van der Waals surface area contributed by atoms with Crippen LogP contribution < -0.4 is 10.1 Å². The highest BCUT2D eigenvalue weighted by molar-refractivity contribution is 6.00. The first-order valence-electron chi connectivity index (χ1n) is 5.54. The third-order valence-corrected chi connectivity index (χ3v) is 2.48. The number of aliphatic hydroxyl groups is 1. The number of nitrogens with one attached hydrogen (secondary N) is 1. The van der Waals surface area contributed by atoms with Gasteiger partial charge in [0.15, 0.2) is 0 Å². The Labute approximate surface area is 110 Å². The van der Waals surface area contributed by atoms with Crippen LogP contribution in [0.2, 0.25) is 0 Å². The Kier molecular flexibility index (Phi) is 5.13. The number of carbonyl (C=O) groups excluding carboxylic acids is 1. The number of nitrogens with zero attached hydrogens (tertiary/aromatic N) is 1. The second-order valence-electron chi connectivity index (χ2n) is 3.79. The molecule has 0 radical (unpaired) electrons. The van der Waals surface area contributed by atoms with Gasteiger partial charge in [0.25, 0.3) is 0 Å². The average Bonchev–Trinajstić information content (AvgIpc) is 2.38. The van der Waals surface area contributed by atoms with Crippen molar-refractivity contribution in [2.45, 2.75) is 0 Å². The summed E-state index contributed by atoms with van der Waals surface area (Å²) in [4.78, 5) is 24.0. The van der Waals surface area contributed by atoms with Gasteiger partial charge in [0.05, 0.1) is 25.0 Å². The molecule has 0 heterocycles. The lowest BCUT2D eigenvalue weighted by atomic mass is 10.1. The van der Waals surface area contributed by atoms with E-state index in [9.17, 15) is 9.59 Å². The Hall–Kier alpha value is -2.28. The minimum absolute atomic E-state index is 0.0356. The predicted octanol–water partition coefficient (Wildman–Crippen LogP) is 0.849. The van der Waals surface area contributed by atoms with Crippen molar-refractivity contribution >= 4 is 17.7 Å². The smallest absolute Gasteiger partial charge is 0.337 e. The molecule has 19 heavy (non-hydrogen) atoms. The number of benzene rings is 1. The van der Waals surface area contributed by atoms with Crippen LogP contribution in [0.25, 0.3) is 0 Å². The number of ether oxygens (including phenoxy) is 1. The van der Waals surface area contributed by atoms with Gasteiger partial charge in [-0.05, 0) is 12.1 Å². The molecule has 0 saturated heterocycles. The van der Waals surface area contributed by atoms with Crippen LogP contribution in [0.5, 0.6) is 5.75 Å². The van der Waals surface area contributed by atoms with Gasteiger partial charge in [-0.15, -0.1) is 0 Å². The lowest BCUT2D eigenvalue weighted by Gasteiger charge is -2.17. The van der Waals surface area contributed by atoms with Crippen LogP contribution in [-0.2, 0) is 0 Å². The first kappa shape index (κ1) is 14.8. The highest BCUT2D eigenvalue weighted by Crippen LogP contribution is 2.22. The molecule has 0 aliphatic heterocycles. The van der Waals surface area contributed by atoms with Gasteiger partial charge in [0.1, 0.15) is 5.75 Å². The fourth-order valence-corrected chi connectivity index (χ4v) is 1.40. The topological polar surface area (TPSA) is 99.1 Å². The van der Waals surface area contributed by atoms with E-state index in [0.29, 0.717) is 5.75 Å². The maximum atomic E-state index is 11.7. The monoisotopic (exact) mass is 268 g/mol. The van der Waals surface area contributed by atoms with Crippen LogP contribution >= 0.6 is 0 Å². The number of methoxy groups -OCH3 is 1. The summed E-state index contributed by atoms with van der Waals surface area (Å²) in [5, 5.41) is 20.2. The number of amides is 2. The van der Waals surface area contributed by atoms with E-state index in [-0.39, 0.29) is 24.4 Å². The Balaban J connectivity index is 2.97. The van der Waals surface area contributed by atoms with E-state index in [1.165, 1.54) is 37.3 Å². The third kappa shape index (κ3) is 3.85. The van der Waals surface area contributed by atoms with Gasteiger partial charge in [0, 0.05) is 19.7 Å². The molecule has 0 unspecified atom stereocenters. The zero-order chi connectivity index (χ0) is 14.4. The lowest BCUT2D eigenvalue weighted by molar-refractivity contribution is 0.0698. The quantitative estimate of drug-likeness (QED) is 0.735. The molecular weight excluding hydrogens is 252 g/mol. The first-order chi connectivity index (χ1) is 8.99. The van der Waals surface area contributed by atoms with Crippen LogP contribution in [0.4, 0.5) is 10.5 Å². The number of hydrogen-bond donors (Lipinski definition) is 3. The Morgan fingerprint density at radius 1 is 1.42 bits per heavy atom. The first-order valence-corrected chi connectivity index (χ1v) is 5.54. The molecule has 0 fully saturated rings. The van der Waals surface area contributed by atoms with Crippen molar-refractivity contribution < 1.29 is 24.5 Å². The number of carbonyl (C=O) groups is 2. The Bertz CT molecular complexity index is 475. The number of likely N-dealkylation sites (N-methyl/N-ethyl adjacent to an activating group) is 1. The SMILES string of the molecule is COc1ccc(C(=O)O)c(NC(=O)N(C)CCO)c1. The number of aliphatic hydroxyl groups excluding tert-OH is 1. The van der Waals surface area contributed by atoms with Gasteiger partial charge in [-0.1, -0.05) is 0 Å². The second-order valence-corrected chi connectivity index (χ2v) is 3.79. The molecule has 1 aromatic carbocycles. The highest BCUT2D eigenvalue weighted by atomic mass is 16.5. The molecule has 0 saturated carbocycles. The van der Waals surface area contributed by atoms with E-state index in [0.717, 1.165) is 0 Å². The zero-order valence-electron chi connectivity index (χ0n) is 10.7. The number of aromatic carboxylic acids is 1. The highest BCUT2D eigenvalue weighted by Gasteiger charge is 2.15. The standard InChI is InChI=1S/C12H16N2O5/c1-14(5-6-15)12(18)13-10-7-8(19-2)3-4-9(10)11(16)17/h3-4,7,15H,5-6H2,1-2H3,(H,13,18)(H,16,17). The molecule has 0 aliphatic rings. The van der Waals surface area contributed by atoms with E-state index in [1.54, 1.807) is 0 Å². The Morgan fingerprint density at radius 2 is 2.11 bits per heavy atom. The summed E-state index contributed by atoms with van der Waals surface area (Å²) in [7, 11) is 2.94. The number of rotatable bonds is 5. The van der Waals surface area contributed by atoms with E-state index in [4.69, 9.17) is 14.9 Å². The van der Waals surface area contributed by atoms with Gasteiger partial charge in [-0.2, -0.15) is 0 Å². The average molecular weight is 268 g/mol. The lowest BCUT2D eigenvalue weighted by Crippen LogP contribution is -2.33. The van der Waals surface area contributed by atoms with Crippen molar-refractivity contribution in [3.05, 3.63) is 23.8 Å². The van der Waals surface area contributed by atoms with Crippen LogP contribution in [0, 0.1) is 0 Å². The summed E-state index contributed by atoms with van der Waals surface area (Å²) in [6, 6.07) is 3.76. The number of carboxylic acids is 1.